The predicted octanol–water partition coefficient (Wildman–Crippen LogP) is 3.62. The van der Waals surface area contributed by atoms with E-state index in [0.29, 0.717) is 24.4 Å². The van der Waals surface area contributed by atoms with Crippen molar-refractivity contribution in [1.29, 1.82) is 0 Å². The van der Waals surface area contributed by atoms with Crippen molar-refractivity contribution in [1.82, 2.24) is 15.1 Å². The van der Waals surface area contributed by atoms with Gasteiger partial charge in [0.25, 0.3) is 0 Å². The molecule has 2 atom stereocenters. The summed E-state index contributed by atoms with van der Waals surface area (Å²) in [5, 5.41) is 12.2. The largest absolute Gasteiger partial charge is 0.467 e. The number of furan rings is 1. The lowest BCUT2D eigenvalue weighted by Crippen LogP contribution is -2.48. The van der Waals surface area contributed by atoms with E-state index in [-0.39, 0.29) is 5.91 Å². The summed E-state index contributed by atoms with van der Waals surface area (Å²) in [4.78, 5) is 14.5. The van der Waals surface area contributed by atoms with Gasteiger partial charge < -0.3 is 14.6 Å². The maximum atomic E-state index is 12.5. The van der Waals surface area contributed by atoms with Crippen LogP contribution < -0.4 is 5.32 Å². The van der Waals surface area contributed by atoms with Crippen molar-refractivity contribution in [3.8, 4) is 0 Å². The van der Waals surface area contributed by atoms with Crippen molar-refractivity contribution < 1.29 is 9.21 Å². The number of amides is 1. The molecule has 2 aromatic rings. The Bertz CT molecular complexity index is 649. The van der Waals surface area contributed by atoms with Gasteiger partial charge in [-0.1, -0.05) is 23.1 Å². The Morgan fingerprint density at radius 3 is 2.92 bits per heavy atom. The van der Waals surface area contributed by atoms with Gasteiger partial charge in [-0.15, -0.1) is 10.2 Å². The van der Waals surface area contributed by atoms with Crippen LogP contribution in [0.1, 0.15) is 38.9 Å². The molecule has 1 aliphatic heterocycles. The number of hydrogen-bond acceptors (Lipinski definition) is 7. The van der Waals surface area contributed by atoms with E-state index < -0.39 is 0 Å². The molecule has 0 aliphatic carbocycles. The maximum absolute atomic E-state index is 12.5. The first-order valence-electron chi connectivity index (χ1n) is 8.17. The van der Waals surface area contributed by atoms with Crippen molar-refractivity contribution >= 4 is 34.1 Å². The molecule has 0 radical (unpaired) electrons. The summed E-state index contributed by atoms with van der Waals surface area (Å²) in [6.45, 7) is 4.85. The third kappa shape index (κ3) is 4.30. The van der Waals surface area contributed by atoms with Gasteiger partial charge in [-0.25, -0.2) is 0 Å². The van der Waals surface area contributed by atoms with Gasteiger partial charge in [-0.3, -0.25) is 4.79 Å². The highest BCUT2D eigenvalue weighted by atomic mass is 32.2. The van der Waals surface area contributed by atoms with Gasteiger partial charge in [0, 0.05) is 12.1 Å². The van der Waals surface area contributed by atoms with Crippen LogP contribution in [0.25, 0.3) is 0 Å². The van der Waals surface area contributed by atoms with Crippen LogP contribution in [0.15, 0.2) is 27.2 Å². The van der Waals surface area contributed by atoms with Gasteiger partial charge in [0.1, 0.15) is 5.76 Å². The molecule has 8 heteroatoms. The van der Waals surface area contributed by atoms with Gasteiger partial charge in [0.2, 0.25) is 11.0 Å². The average molecular weight is 367 g/mol. The summed E-state index contributed by atoms with van der Waals surface area (Å²) < 4.78 is 6.07. The van der Waals surface area contributed by atoms with Crippen LogP contribution in [-0.4, -0.2) is 38.8 Å². The Kier molecular flexibility index (Phi) is 5.78. The lowest BCUT2D eigenvalue weighted by atomic mass is 9.98. The van der Waals surface area contributed by atoms with Crippen LogP contribution in [0.3, 0.4) is 0 Å². The van der Waals surface area contributed by atoms with E-state index in [1.54, 1.807) is 6.26 Å². The van der Waals surface area contributed by atoms with Crippen LogP contribution in [0.4, 0.5) is 5.13 Å². The zero-order valence-corrected chi connectivity index (χ0v) is 15.5. The molecule has 2 aromatic heterocycles. The molecule has 24 heavy (non-hydrogen) atoms. The normalized spacial score (nSPS) is 21.0. The smallest absolute Gasteiger partial charge is 0.233 e. The van der Waals surface area contributed by atoms with Crippen molar-refractivity contribution in [3.63, 3.8) is 0 Å². The molecule has 130 valence electrons. The van der Waals surface area contributed by atoms with Crippen molar-refractivity contribution in [3.05, 3.63) is 24.2 Å². The van der Waals surface area contributed by atoms with Gasteiger partial charge in [-0.05, 0) is 45.2 Å². The van der Waals surface area contributed by atoms with E-state index in [2.05, 4.69) is 29.4 Å². The summed E-state index contributed by atoms with van der Waals surface area (Å²) in [6.07, 6.45) is 5.05. The SMILES string of the molecule is C[C@H]1CCC[C@H](C)N1C(=O)CSc1nnc(NCc2ccco2)s1. The number of nitrogens with one attached hydrogen (secondary N) is 1. The number of aromatic nitrogens is 2. The molecule has 1 fully saturated rings. The van der Waals surface area contributed by atoms with Crippen molar-refractivity contribution in [2.75, 3.05) is 11.1 Å². The molecule has 1 N–H and O–H groups in total. The molecule has 1 aliphatic rings. The molecule has 0 bridgehead atoms. The fraction of sp³-hybridized carbons (Fsp3) is 0.562. The summed E-state index contributed by atoms with van der Waals surface area (Å²) in [5.74, 6) is 1.46. The van der Waals surface area contributed by atoms with Gasteiger partial charge in [0.05, 0.1) is 18.6 Å². The number of anilines is 1. The molecular weight excluding hydrogens is 344 g/mol. The molecular formula is C16H22N4O2S2. The molecule has 6 nitrogen and oxygen atoms in total. The van der Waals surface area contributed by atoms with Crippen LogP contribution in [0, 0.1) is 0 Å². The van der Waals surface area contributed by atoms with E-state index in [0.717, 1.165) is 28.1 Å². The second-order valence-corrected chi connectivity index (χ2v) is 8.22. The monoisotopic (exact) mass is 366 g/mol. The van der Waals surface area contributed by atoms with Gasteiger partial charge >= 0.3 is 0 Å². The Morgan fingerprint density at radius 2 is 2.21 bits per heavy atom. The fourth-order valence-corrected chi connectivity index (χ4v) is 4.64. The van der Waals surface area contributed by atoms with E-state index in [4.69, 9.17) is 4.42 Å². The lowest BCUT2D eigenvalue weighted by Gasteiger charge is -2.39. The third-order valence-corrected chi connectivity index (χ3v) is 6.20. The minimum absolute atomic E-state index is 0.194. The van der Waals surface area contributed by atoms with E-state index in [1.807, 2.05) is 17.0 Å². The molecule has 0 aromatic carbocycles. The molecule has 3 rings (SSSR count). The highest BCUT2D eigenvalue weighted by Gasteiger charge is 2.28. The first kappa shape index (κ1) is 17.3. The van der Waals surface area contributed by atoms with Crippen LogP contribution in [0.5, 0.6) is 0 Å². The number of rotatable bonds is 6. The Labute approximate surface area is 150 Å². The summed E-state index contributed by atoms with van der Waals surface area (Å²) in [6, 6.07) is 4.43. The molecule has 0 saturated carbocycles. The lowest BCUT2D eigenvalue weighted by molar-refractivity contribution is -0.134. The summed E-state index contributed by atoms with van der Waals surface area (Å²) in [7, 11) is 0. The highest BCUT2D eigenvalue weighted by molar-refractivity contribution is 8.01. The second-order valence-electron chi connectivity index (χ2n) is 6.02. The second kappa shape index (κ2) is 8.02. The molecule has 0 spiro atoms. The minimum atomic E-state index is 0.194. The molecule has 3 heterocycles. The first-order valence-corrected chi connectivity index (χ1v) is 9.97. The number of carbonyl (C=O) groups excluding carboxylic acids is 1. The Hall–Kier alpha value is -1.54. The predicted molar refractivity (Wildman–Crippen MR) is 96.3 cm³/mol. The van der Waals surface area contributed by atoms with Gasteiger partial charge in [-0.2, -0.15) is 0 Å². The third-order valence-electron chi connectivity index (χ3n) is 4.20. The summed E-state index contributed by atoms with van der Waals surface area (Å²) in [5.41, 5.74) is 0. The highest BCUT2D eigenvalue weighted by Crippen LogP contribution is 2.28. The fourth-order valence-electron chi connectivity index (χ4n) is 3.03. The number of thioether (sulfide) groups is 1. The number of nitrogens with zero attached hydrogens (tertiary/aromatic N) is 3. The topological polar surface area (TPSA) is 71.3 Å². The number of carbonyl (C=O) groups is 1. The van der Waals surface area contributed by atoms with E-state index >= 15 is 0 Å². The van der Waals surface area contributed by atoms with Crippen molar-refractivity contribution in [2.24, 2.45) is 0 Å². The van der Waals surface area contributed by atoms with Crippen LogP contribution in [0.2, 0.25) is 0 Å². The number of piperidine rings is 1. The first-order chi connectivity index (χ1) is 11.6. The Balaban J connectivity index is 1.48. The van der Waals surface area contributed by atoms with Gasteiger partial charge in [0.15, 0.2) is 4.34 Å². The zero-order chi connectivity index (χ0) is 16.9. The average Bonchev–Trinajstić information content (AvgIpc) is 3.22. The van der Waals surface area contributed by atoms with Crippen molar-refractivity contribution in [2.45, 2.75) is 56.1 Å². The number of likely N-dealkylation sites (tertiary alicyclic amines) is 1. The molecule has 1 amide bonds. The minimum Gasteiger partial charge on any atom is -0.467 e. The quantitative estimate of drug-likeness (QED) is 0.787. The molecule has 0 unspecified atom stereocenters. The standard InChI is InChI=1S/C16H22N4O2S2/c1-11-5-3-6-12(2)20(11)14(21)10-23-16-19-18-15(24-16)17-9-13-7-4-8-22-13/h4,7-8,11-12H,3,5-6,9-10H2,1-2H3,(H,17,18)/t11-,12-/m0/s1. The van der Waals surface area contributed by atoms with E-state index in [9.17, 15) is 4.79 Å². The zero-order valence-electron chi connectivity index (χ0n) is 13.9. The molecule has 1 saturated heterocycles. The maximum Gasteiger partial charge on any atom is 0.233 e. The van der Waals surface area contributed by atoms with E-state index in [1.165, 1.54) is 29.5 Å². The summed E-state index contributed by atoms with van der Waals surface area (Å²) >= 11 is 2.92. The number of hydrogen-bond donors (Lipinski definition) is 1. The van der Waals surface area contributed by atoms with Crippen LogP contribution >= 0.6 is 23.1 Å². The Morgan fingerprint density at radius 1 is 1.42 bits per heavy atom. The van der Waals surface area contributed by atoms with Crippen LogP contribution in [-0.2, 0) is 11.3 Å².